The molecule has 1 fully saturated rings. The highest BCUT2D eigenvalue weighted by atomic mass is 32.2. The summed E-state index contributed by atoms with van der Waals surface area (Å²) >= 11 is 1.96. The van der Waals surface area contributed by atoms with Gasteiger partial charge >= 0.3 is 0 Å². The van der Waals surface area contributed by atoms with Crippen LogP contribution in [0.5, 0.6) is 0 Å². The first-order valence-corrected chi connectivity index (χ1v) is 11.4. The Balaban J connectivity index is 1.52. The van der Waals surface area contributed by atoms with Gasteiger partial charge in [0, 0.05) is 74.6 Å². The molecule has 0 amide bonds. The fourth-order valence-corrected chi connectivity index (χ4v) is 5.09. The summed E-state index contributed by atoms with van der Waals surface area (Å²) in [6.07, 6.45) is 4.49. The van der Waals surface area contributed by atoms with E-state index < -0.39 is 0 Å². The maximum atomic E-state index is 12.9. The molecule has 0 spiro atoms. The molecule has 1 saturated heterocycles. The molecule has 1 N–H and O–H groups in total. The number of pyridine rings is 2. The minimum Gasteiger partial charge on any atom is -0.353 e. The summed E-state index contributed by atoms with van der Waals surface area (Å²) in [4.78, 5) is 31.3. The third-order valence-electron chi connectivity index (χ3n) is 5.84. The lowest BCUT2D eigenvalue weighted by atomic mass is 10.1. The molecule has 9 heteroatoms. The second-order valence-electron chi connectivity index (χ2n) is 7.87. The Kier molecular flexibility index (Phi) is 5.08. The van der Waals surface area contributed by atoms with E-state index in [1.165, 1.54) is 5.56 Å². The number of aromatic nitrogens is 4. The predicted octanol–water partition coefficient (Wildman–Crippen LogP) is 2.01. The number of fused-ring (bicyclic) bond motifs is 2. The number of hydrogen-bond acceptors (Lipinski definition) is 8. The first kappa shape index (κ1) is 19.3. The molecule has 0 bridgehead atoms. The highest BCUT2D eigenvalue weighted by Gasteiger charge is 2.20. The molecule has 0 aliphatic carbocycles. The number of likely N-dealkylation sites (N-methyl/N-ethyl adjacent to an activating group) is 1. The molecule has 30 heavy (non-hydrogen) atoms. The first-order chi connectivity index (χ1) is 14.6. The minimum atomic E-state index is -0.0542. The second-order valence-corrected chi connectivity index (χ2v) is 9.10. The standard InChI is InChI=1S/C21H25N7OS/c1-26-6-4-17-15(13-26)11-16(20(29)27(17)2)24-21-23-12-14-3-5-22-19(18(14)25-21)28-7-9-30-10-8-28/h3,5,11-12H,4,6-10,13H2,1-2H3,(H,23,24,25). The van der Waals surface area contributed by atoms with Crippen LogP contribution >= 0.6 is 11.8 Å². The van der Waals surface area contributed by atoms with Crippen molar-refractivity contribution in [1.29, 1.82) is 0 Å². The SMILES string of the molecule is CN1CCc2c(cc(Nc3ncc4ccnc(N5CCSCC5)c4n3)c(=O)n2C)C1. The maximum absolute atomic E-state index is 12.9. The Bertz CT molecular complexity index is 1160. The van der Waals surface area contributed by atoms with Crippen molar-refractivity contribution in [3.63, 3.8) is 0 Å². The van der Waals surface area contributed by atoms with Crippen molar-refractivity contribution in [1.82, 2.24) is 24.4 Å². The van der Waals surface area contributed by atoms with E-state index in [1.54, 1.807) is 10.8 Å². The maximum Gasteiger partial charge on any atom is 0.274 e. The van der Waals surface area contributed by atoms with E-state index >= 15 is 0 Å². The third kappa shape index (κ3) is 3.52. The van der Waals surface area contributed by atoms with Gasteiger partial charge in [-0.2, -0.15) is 11.8 Å². The van der Waals surface area contributed by atoms with E-state index in [9.17, 15) is 4.79 Å². The van der Waals surface area contributed by atoms with Gasteiger partial charge in [0.15, 0.2) is 5.82 Å². The van der Waals surface area contributed by atoms with Gasteiger partial charge in [0.05, 0.1) is 0 Å². The van der Waals surface area contributed by atoms with Gasteiger partial charge in [-0.15, -0.1) is 0 Å². The lowest BCUT2D eigenvalue weighted by Crippen LogP contribution is -2.33. The third-order valence-corrected chi connectivity index (χ3v) is 6.78. The van der Waals surface area contributed by atoms with Crippen LogP contribution in [0.4, 0.5) is 17.5 Å². The summed E-state index contributed by atoms with van der Waals surface area (Å²) in [5, 5.41) is 4.12. The van der Waals surface area contributed by atoms with Crippen molar-refractivity contribution in [2.45, 2.75) is 13.0 Å². The van der Waals surface area contributed by atoms with E-state index in [2.05, 4.69) is 32.1 Å². The quantitative estimate of drug-likeness (QED) is 0.685. The average Bonchev–Trinajstić information content (AvgIpc) is 2.77. The minimum absolute atomic E-state index is 0.0542. The number of nitrogens with one attached hydrogen (secondary N) is 1. The molecular formula is C21H25N7OS. The summed E-state index contributed by atoms with van der Waals surface area (Å²) in [7, 11) is 3.94. The molecule has 0 radical (unpaired) electrons. The molecule has 5 heterocycles. The van der Waals surface area contributed by atoms with Crippen LogP contribution in [0, 0.1) is 0 Å². The van der Waals surface area contributed by atoms with Crippen LogP contribution in [0.2, 0.25) is 0 Å². The van der Waals surface area contributed by atoms with Crippen molar-refractivity contribution < 1.29 is 0 Å². The summed E-state index contributed by atoms with van der Waals surface area (Å²) in [5.74, 6) is 3.49. The summed E-state index contributed by atoms with van der Waals surface area (Å²) in [6, 6.07) is 3.88. The van der Waals surface area contributed by atoms with Gasteiger partial charge in [0.1, 0.15) is 11.2 Å². The highest BCUT2D eigenvalue weighted by Crippen LogP contribution is 2.26. The number of rotatable bonds is 3. The van der Waals surface area contributed by atoms with Gasteiger partial charge in [0.25, 0.3) is 5.56 Å². The Morgan fingerprint density at radius 3 is 2.80 bits per heavy atom. The van der Waals surface area contributed by atoms with Crippen molar-refractivity contribution >= 4 is 40.1 Å². The first-order valence-electron chi connectivity index (χ1n) is 10.2. The predicted molar refractivity (Wildman–Crippen MR) is 122 cm³/mol. The molecule has 3 aromatic heterocycles. The number of anilines is 3. The number of hydrogen-bond donors (Lipinski definition) is 1. The van der Waals surface area contributed by atoms with Gasteiger partial charge in [-0.05, 0) is 24.7 Å². The van der Waals surface area contributed by atoms with Crippen LogP contribution in [0.25, 0.3) is 10.9 Å². The molecular weight excluding hydrogens is 398 g/mol. The van der Waals surface area contributed by atoms with Crippen molar-refractivity contribution in [3.05, 3.63) is 46.1 Å². The Morgan fingerprint density at radius 2 is 1.97 bits per heavy atom. The van der Waals surface area contributed by atoms with Crippen LogP contribution in [-0.2, 0) is 20.0 Å². The van der Waals surface area contributed by atoms with Crippen LogP contribution in [0.3, 0.4) is 0 Å². The molecule has 3 aromatic rings. The van der Waals surface area contributed by atoms with E-state index in [0.717, 1.165) is 66.5 Å². The molecule has 0 saturated carbocycles. The van der Waals surface area contributed by atoms with E-state index in [4.69, 9.17) is 4.98 Å². The number of nitrogens with zero attached hydrogens (tertiary/aromatic N) is 6. The zero-order valence-electron chi connectivity index (χ0n) is 17.3. The monoisotopic (exact) mass is 423 g/mol. The molecule has 0 aromatic carbocycles. The normalized spacial score (nSPS) is 17.2. The molecule has 2 aliphatic rings. The summed E-state index contributed by atoms with van der Waals surface area (Å²) in [6.45, 7) is 3.72. The van der Waals surface area contributed by atoms with Crippen molar-refractivity contribution in [2.24, 2.45) is 7.05 Å². The van der Waals surface area contributed by atoms with E-state index in [0.29, 0.717) is 11.6 Å². The smallest absolute Gasteiger partial charge is 0.274 e. The molecule has 2 aliphatic heterocycles. The van der Waals surface area contributed by atoms with Gasteiger partial charge in [-0.1, -0.05) is 0 Å². The van der Waals surface area contributed by atoms with Crippen LogP contribution in [0.15, 0.2) is 29.3 Å². The molecule has 5 rings (SSSR count). The van der Waals surface area contributed by atoms with Gasteiger partial charge < -0.3 is 19.7 Å². The summed E-state index contributed by atoms with van der Waals surface area (Å²) in [5.41, 5.74) is 3.54. The lowest BCUT2D eigenvalue weighted by Gasteiger charge is -2.28. The Morgan fingerprint density at radius 1 is 1.13 bits per heavy atom. The molecule has 0 atom stereocenters. The number of thioether (sulfide) groups is 1. The average molecular weight is 424 g/mol. The van der Waals surface area contributed by atoms with E-state index in [1.807, 2.05) is 37.1 Å². The van der Waals surface area contributed by atoms with Gasteiger partial charge in [-0.25, -0.2) is 15.0 Å². The highest BCUT2D eigenvalue weighted by molar-refractivity contribution is 7.99. The summed E-state index contributed by atoms with van der Waals surface area (Å²) < 4.78 is 1.75. The fourth-order valence-electron chi connectivity index (χ4n) is 4.19. The largest absolute Gasteiger partial charge is 0.353 e. The molecule has 8 nitrogen and oxygen atoms in total. The zero-order chi connectivity index (χ0) is 20.7. The van der Waals surface area contributed by atoms with Crippen molar-refractivity contribution in [2.75, 3.05) is 48.4 Å². The topological polar surface area (TPSA) is 79.2 Å². The Hall–Kier alpha value is -2.65. The van der Waals surface area contributed by atoms with Gasteiger partial charge in [0.2, 0.25) is 5.95 Å². The lowest BCUT2D eigenvalue weighted by molar-refractivity contribution is 0.306. The van der Waals surface area contributed by atoms with Crippen LogP contribution in [0.1, 0.15) is 11.3 Å². The Labute approximate surface area is 179 Å². The van der Waals surface area contributed by atoms with Crippen LogP contribution in [-0.4, -0.2) is 62.6 Å². The van der Waals surface area contributed by atoms with Crippen molar-refractivity contribution in [3.8, 4) is 0 Å². The zero-order valence-corrected chi connectivity index (χ0v) is 18.1. The van der Waals surface area contributed by atoms with E-state index in [-0.39, 0.29) is 5.56 Å². The fraction of sp³-hybridized carbons (Fsp3) is 0.429. The van der Waals surface area contributed by atoms with Crippen LogP contribution < -0.4 is 15.8 Å². The second kappa shape index (κ2) is 7.88. The van der Waals surface area contributed by atoms with Gasteiger partial charge in [-0.3, -0.25) is 4.79 Å². The molecule has 156 valence electrons. The molecule has 0 unspecified atom stereocenters.